The highest BCUT2D eigenvalue weighted by atomic mass is 32.2. The van der Waals surface area contributed by atoms with Crippen LogP contribution in [0.25, 0.3) is 0 Å². The van der Waals surface area contributed by atoms with Crippen LogP contribution in [-0.4, -0.2) is 42.0 Å². The number of fused-ring (bicyclic) bond motifs is 1. The Kier molecular flexibility index (Phi) is 7.23. The van der Waals surface area contributed by atoms with E-state index in [2.05, 4.69) is 39.6 Å². The molecule has 1 aromatic carbocycles. The molecule has 0 radical (unpaired) electrons. The minimum absolute atomic E-state index is 0. The first-order valence-electron chi connectivity index (χ1n) is 10.1. The van der Waals surface area contributed by atoms with Crippen molar-refractivity contribution < 1.29 is 9.84 Å². The van der Waals surface area contributed by atoms with Gasteiger partial charge in [0.25, 0.3) is 0 Å². The molecule has 7 nitrogen and oxygen atoms in total. The molecule has 2 heterocycles. The Morgan fingerprint density at radius 2 is 2.23 bits per heavy atom. The zero-order valence-electron chi connectivity index (χ0n) is 17.5. The molecule has 1 aromatic heterocycles. The summed E-state index contributed by atoms with van der Waals surface area (Å²) in [6.07, 6.45) is 9.88. The number of rotatable bonds is 8. The van der Waals surface area contributed by atoms with Gasteiger partial charge in [0.1, 0.15) is 4.91 Å². The molecule has 1 aliphatic rings. The molecule has 0 saturated heterocycles. The summed E-state index contributed by atoms with van der Waals surface area (Å²) in [7, 11) is -3.72. The van der Waals surface area contributed by atoms with Gasteiger partial charge < -0.3 is 9.88 Å². The lowest BCUT2D eigenvalue weighted by atomic mass is 10.1. The molecule has 162 valence electrons. The van der Waals surface area contributed by atoms with E-state index in [-0.39, 0.29) is 12.4 Å². The van der Waals surface area contributed by atoms with E-state index in [1.165, 1.54) is 6.20 Å². The fraction of sp³-hybridized carbons (Fsp3) is 0.364. The van der Waals surface area contributed by atoms with Gasteiger partial charge in [-0.25, -0.2) is 13.4 Å². The molecular formula is C22H31N5O2S. The van der Waals surface area contributed by atoms with Gasteiger partial charge in [-0.1, -0.05) is 37.6 Å². The van der Waals surface area contributed by atoms with E-state index < -0.39 is 10.0 Å². The second kappa shape index (κ2) is 9.86. The van der Waals surface area contributed by atoms with Crippen LogP contribution in [0.1, 0.15) is 39.4 Å². The first-order chi connectivity index (χ1) is 14.5. The van der Waals surface area contributed by atoms with Crippen molar-refractivity contribution in [3.63, 3.8) is 0 Å². The number of para-hydroxylation sites is 1. The summed E-state index contributed by atoms with van der Waals surface area (Å²) >= 11 is 0. The number of benzene rings is 1. The number of hydrogen-bond acceptors (Lipinski definition) is 5. The second-order valence-electron chi connectivity index (χ2n) is 7.29. The molecule has 0 spiro atoms. The second-order valence-corrected chi connectivity index (χ2v) is 9.23. The number of hydrogen-bond donors (Lipinski definition) is 1. The molecule has 1 aliphatic heterocycles. The van der Waals surface area contributed by atoms with Gasteiger partial charge in [-0.3, -0.25) is 4.99 Å². The van der Waals surface area contributed by atoms with Gasteiger partial charge in [-0.2, -0.15) is 4.31 Å². The summed E-state index contributed by atoms with van der Waals surface area (Å²) in [6, 6.07) is 8.04. The van der Waals surface area contributed by atoms with E-state index in [1.54, 1.807) is 29.7 Å². The predicted octanol–water partition coefficient (Wildman–Crippen LogP) is 4.09. The van der Waals surface area contributed by atoms with Crippen LogP contribution in [0.3, 0.4) is 0 Å². The van der Waals surface area contributed by atoms with Crippen molar-refractivity contribution in [1.82, 2.24) is 14.3 Å². The summed E-state index contributed by atoms with van der Waals surface area (Å²) in [6.45, 7) is 8.69. The minimum Gasteiger partial charge on any atom is -0.361 e. The Bertz CT molecular complexity index is 1020. The van der Waals surface area contributed by atoms with Gasteiger partial charge in [-0.15, -0.1) is 0 Å². The molecule has 1 N–H and O–H groups in total. The van der Waals surface area contributed by atoms with Crippen molar-refractivity contribution in [3.05, 3.63) is 71.3 Å². The summed E-state index contributed by atoms with van der Waals surface area (Å²) in [4.78, 5) is 13.5. The maximum Gasteiger partial charge on any atom is 0.244 e. The molecule has 1 atom stereocenters. The molecule has 0 fully saturated rings. The van der Waals surface area contributed by atoms with Gasteiger partial charge in [0.05, 0.1) is 18.6 Å². The van der Waals surface area contributed by atoms with E-state index in [4.69, 9.17) is 0 Å². The number of aliphatic imine (C=N–C) groups is 1. The molecular weight excluding hydrogens is 398 g/mol. The van der Waals surface area contributed by atoms with Crippen LogP contribution in [0.4, 0.5) is 5.69 Å². The third-order valence-corrected chi connectivity index (χ3v) is 7.00. The van der Waals surface area contributed by atoms with Crippen LogP contribution >= 0.6 is 0 Å². The fourth-order valence-corrected chi connectivity index (χ4v) is 5.33. The van der Waals surface area contributed by atoms with Crippen LogP contribution in [0, 0.1) is 0 Å². The highest BCUT2D eigenvalue weighted by Crippen LogP contribution is 2.33. The maximum atomic E-state index is 13.5. The Morgan fingerprint density at radius 1 is 1.43 bits per heavy atom. The predicted molar refractivity (Wildman–Crippen MR) is 124 cm³/mol. The van der Waals surface area contributed by atoms with Crippen LogP contribution in [0.5, 0.6) is 0 Å². The minimum atomic E-state index is -3.72. The number of sulfonamides is 1. The molecule has 1 unspecified atom stereocenters. The highest BCUT2D eigenvalue weighted by molar-refractivity contribution is 7.93. The number of allylic oxidation sites excluding steroid dienone is 2. The van der Waals surface area contributed by atoms with Gasteiger partial charge in [0.15, 0.2) is 0 Å². The fourth-order valence-electron chi connectivity index (χ4n) is 3.84. The van der Waals surface area contributed by atoms with Crippen LogP contribution in [0.15, 0.2) is 65.0 Å². The molecule has 30 heavy (non-hydrogen) atoms. The number of anilines is 1. The van der Waals surface area contributed by atoms with Crippen molar-refractivity contribution in [1.29, 1.82) is 0 Å². The van der Waals surface area contributed by atoms with E-state index in [9.17, 15) is 8.42 Å². The average molecular weight is 430 g/mol. The molecule has 2 aromatic rings. The highest BCUT2D eigenvalue weighted by Gasteiger charge is 2.34. The molecule has 0 aliphatic carbocycles. The van der Waals surface area contributed by atoms with Crippen molar-refractivity contribution in [3.8, 4) is 0 Å². The smallest absolute Gasteiger partial charge is 0.244 e. The van der Waals surface area contributed by atoms with Gasteiger partial charge >= 0.3 is 0 Å². The molecule has 8 heteroatoms. The first-order valence-corrected chi connectivity index (χ1v) is 11.6. The van der Waals surface area contributed by atoms with E-state index >= 15 is 0 Å². The summed E-state index contributed by atoms with van der Waals surface area (Å²) in [5.41, 5.74) is 3.03. The largest absolute Gasteiger partial charge is 0.361 e. The molecule has 3 rings (SSSR count). The molecule has 0 saturated carbocycles. The molecule has 0 bridgehead atoms. The number of imidazole rings is 1. The van der Waals surface area contributed by atoms with Crippen molar-refractivity contribution in [2.75, 3.05) is 11.4 Å². The number of H-pyrrole nitrogens is 1. The first kappa shape index (κ1) is 22.0. The average Bonchev–Trinajstić information content (AvgIpc) is 3.19. The van der Waals surface area contributed by atoms with Crippen LogP contribution in [-0.2, 0) is 23.1 Å². The zero-order valence-corrected chi connectivity index (χ0v) is 18.3. The zero-order chi connectivity index (χ0) is 21.6. The Balaban J connectivity index is 0.00000341. The Labute approximate surface area is 180 Å². The van der Waals surface area contributed by atoms with E-state index in [1.807, 2.05) is 24.4 Å². The van der Waals surface area contributed by atoms with Crippen LogP contribution in [0.2, 0.25) is 0 Å². The SMILES string of the molecule is C=N/C=C(\C=C/C)S(=O)(=O)N1Cc2ccccc2N(Cc2cnc[nH]2)C(CCC)C1.[HH]. The normalized spacial score (nSPS) is 18.4. The lowest BCUT2D eigenvalue weighted by Crippen LogP contribution is -2.43. The monoisotopic (exact) mass is 429 g/mol. The number of aromatic nitrogens is 2. The summed E-state index contributed by atoms with van der Waals surface area (Å²) in [5, 5.41) is 0. The summed E-state index contributed by atoms with van der Waals surface area (Å²) in [5.74, 6) is 0. The van der Waals surface area contributed by atoms with E-state index in [0.29, 0.717) is 19.6 Å². The maximum absolute atomic E-state index is 13.5. The van der Waals surface area contributed by atoms with Crippen molar-refractivity contribution in [2.45, 2.75) is 45.8 Å². The van der Waals surface area contributed by atoms with Gasteiger partial charge in [0.2, 0.25) is 10.0 Å². The van der Waals surface area contributed by atoms with Crippen molar-refractivity contribution >= 4 is 22.4 Å². The third-order valence-electron chi connectivity index (χ3n) is 5.21. The third kappa shape index (κ3) is 4.71. The topological polar surface area (TPSA) is 81.7 Å². The number of aromatic amines is 1. The lowest BCUT2D eigenvalue weighted by Gasteiger charge is -2.33. The van der Waals surface area contributed by atoms with E-state index in [0.717, 1.165) is 29.8 Å². The summed E-state index contributed by atoms with van der Waals surface area (Å²) < 4.78 is 28.5. The van der Waals surface area contributed by atoms with Crippen molar-refractivity contribution in [2.24, 2.45) is 4.99 Å². The van der Waals surface area contributed by atoms with Crippen LogP contribution < -0.4 is 4.90 Å². The quantitative estimate of drug-likeness (QED) is 0.506. The number of nitrogens with one attached hydrogen (secondary N) is 1. The number of nitrogens with zero attached hydrogens (tertiary/aromatic N) is 4. The molecule has 0 amide bonds. The van der Waals surface area contributed by atoms with Gasteiger partial charge in [-0.05, 0) is 37.8 Å². The Morgan fingerprint density at radius 3 is 2.90 bits per heavy atom. The van der Waals surface area contributed by atoms with Gasteiger partial charge in [0, 0.05) is 38.6 Å². The Hall–Kier alpha value is -2.71. The lowest BCUT2D eigenvalue weighted by molar-refractivity contribution is 0.372. The standard InChI is InChI=1S/C22H29N5O2S.H2/c1-4-8-20-16-26(30(28,29)21(9-5-2)13-23-3)14-18-10-6-7-11-22(18)27(20)15-19-12-24-17-25-19;/h5-7,9-13,17,20H,3-4,8,14-16H2,1-2H3,(H,24,25);1H/b9-5-,21-13+;.